The Hall–Kier alpha value is -0.390. The SMILES string of the molecule is CCNC(CC)CCc1c(Br)cnn1CCOC. The average molecular weight is 318 g/mol. The standard InChI is InChI=1S/C13H24BrN3O/c1-4-11(15-5-2)6-7-13-12(14)10-16-17(13)8-9-18-3/h10-11,15H,4-9H2,1-3H3. The lowest BCUT2D eigenvalue weighted by molar-refractivity contribution is 0.182. The molecular weight excluding hydrogens is 294 g/mol. The molecule has 0 aliphatic carbocycles. The van der Waals surface area contributed by atoms with E-state index < -0.39 is 0 Å². The number of halogens is 1. The van der Waals surface area contributed by atoms with E-state index in [0.29, 0.717) is 12.6 Å². The first kappa shape index (κ1) is 15.7. The molecule has 1 aromatic heterocycles. The Labute approximate surface area is 118 Å². The van der Waals surface area contributed by atoms with E-state index in [4.69, 9.17) is 4.74 Å². The summed E-state index contributed by atoms with van der Waals surface area (Å²) in [5, 5.41) is 7.88. The number of rotatable bonds is 9. The minimum absolute atomic E-state index is 0.590. The monoisotopic (exact) mass is 317 g/mol. The Morgan fingerprint density at radius 1 is 1.50 bits per heavy atom. The van der Waals surface area contributed by atoms with Crippen LogP contribution in [0, 0.1) is 0 Å². The highest BCUT2D eigenvalue weighted by molar-refractivity contribution is 9.10. The molecule has 4 nitrogen and oxygen atoms in total. The highest BCUT2D eigenvalue weighted by Crippen LogP contribution is 2.18. The molecule has 5 heteroatoms. The maximum Gasteiger partial charge on any atom is 0.0658 e. The minimum atomic E-state index is 0.590. The van der Waals surface area contributed by atoms with Gasteiger partial charge in [-0.2, -0.15) is 5.10 Å². The van der Waals surface area contributed by atoms with Gasteiger partial charge in [0.05, 0.1) is 29.5 Å². The fourth-order valence-corrected chi connectivity index (χ4v) is 2.55. The molecule has 0 fully saturated rings. The van der Waals surface area contributed by atoms with Gasteiger partial charge in [0.25, 0.3) is 0 Å². The molecule has 18 heavy (non-hydrogen) atoms. The van der Waals surface area contributed by atoms with Crippen molar-refractivity contribution in [2.75, 3.05) is 20.3 Å². The molecule has 0 amide bonds. The number of methoxy groups -OCH3 is 1. The maximum atomic E-state index is 5.11. The molecular formula is C13H24BrN3O. The van der Waals surface area contributed by atoms with Crippen LogP contribution in [0.2, 0.25) is 0 Å². The first-order valence-corrected chi connectivity index (χ1v) is 7.44. The fraction of sp³-hybridized carbons (Fsp3) is 0.769. The molecule has 0 spiro atoms. The predicted molar refractivity (Wildman–Crippen MR) is 77.9 cm³/mol. The first-order valence-electron chi connectivity index (χ1n) is 6.65. The van der Waals surface area contributed by atoms with Gasteiger partial charge in [0.2, 0.25) is 0 Å². The third-order valence-corrected chi connectivity index (χ3v) is 3.78. The second-order valence-corrected chi connectivity index (χ2v) is 5.21. The molecule has 0 aliphatic heterocycles. The van der Waals surface area contributed by atoms with Crippen LogP contribution in [-0.2, 0) is 17.7 Å². The fourth-order valence-electron chi connectivity index (χ4n) is 2.06. The quantitative estimate of drug-likeness (QED) is 0.761. The van der Waals surface area contributed by atoms with Crippen molar-refractivity contribution in [3.63, 3.8) is 0 Å². The van der Waals surface area contributed by atoms with E-state index in [1.807, 2.05) is 10.9 Å². The van der Waals surface area contributed by atoms with Gasteiger partial charge in [0.1, 0.15) is 0 Å². The van der Waals surface area contributed by atoms with Gasteiger partial charge < -0.3 is 10.1 Å². The summed E-state index contributed by atoms with van der Waals surface area (Å²) in [5.41, 5.74) is 1.27. The van der Waals surface area contributed by atoms with Gasteiger partial charge in [-0.25, -0.2) is 0 Å². The van der Waals surface area contributed by atoms with Crippen LogP contribution in [0.3, 0.4) is 0 Å². The van der Waals surface area contributed by atoms with Crippen LogP contribution in [0.15, 0.2) is 10.7 Å². The van der Waals surface area contributed by atoms with Crippen molar-refractivity contribution in [1.82, 2.24) is 15.1 Å². The van der Waals surface area contributed by atoms with Gasteiger partial charge >= 0.3 is 0 Å². The summed E-state index contributed by atoms with van der Waals surface area (Å²) < 4.78 is 8.24. The highest BCUT2D eigenvalue weighted by Gasteiger charge is 2.11. The van der Waals surface area contributed by atoms with Crippen LogP contribution >= 0.6 is 15.9 Å². The van der Waals surface area contributed by atoms with E-state index in [1.165, 1.54) is 5.69 Å². The molecule has 0 bridgehead atoms. The van der Waals surface area contributed by atoms with Crippen molar-refractivity contribution in [2.24, 2.45) is 0 Å². The van der Waals surface area contributed by atoms with Gasteiger partial charge in [-0.15, -0.1) is 0 Å². The third kappa shape index (κ3) is 4.71. The Kier molecular flexibility index (Phi) is 7.54. The first-order chi connectivity index (χ1) is 8.72. The average Bonchev–Trinajstić information content (AvgIpc) is 2.73. The maximum absolute atomic E-state index is 5.11. The molecule has 104 valence electrons. The summed E-state index contributed by atoms with van der Waals surface area (Å²) in [7, 11) is 1.72. The summed E-state index contributed by atoms with van der Waals surface area (Å²) in [6.07, 6.45) is 5.22. The Bertz CT molecular complexity index is 341. The zero-order valence-corrected chi connectivity index (χ0v) is 13.2. The van der Waals surface area contributed by atoms with Crippen molar-refractivity contribution in [3.05, 3.63) is 16.4 Å². The third-order valence-electron chi connectivity index (χ3n) is 3.12. The van der Waals surface area contributed by atoms with Crippen molar-refractivity contribution < 1.29 is 4.74 Å². The summed E-state index contributed by atoms with van der Waals surface area (Å²) >= 11 is 3.58. The molecule has 1 unspecified atom stereocenters. The molecule has 0 saturated heterocycles. The van der Waals surface area contributed by atoms with Gasteiger partial charge in [-0.1, -0.05) is 13.8 Å². The van der Waals surface area contributed by atoms with E-state index in [1.54, 1.807) is 7.11 Å². The van der Waals surface area contributed by atoms with Crippen LogP contribution < -0.4 is 5.32 Å². The number of hydrogen-bond acceptors (Lipinski definition) is 3. The molecule has 0 aromatic carbocycles. The van der Waals surface area contributed by atoms with Gasteiger partial charge in [-0.05, 0) is 41.7 Å². The molecule has 1 rings (SSSR count). The number of hydrogen-bond donors (Lipinski definition) is 1. The number of nitrogens with one attached hydrogen (secondary N) is 1. The van der Waals surface area contributed by atoms with Crippen molar-refractivity contribution in [1.29, 1.82) is 0 Å². The second kappa shape index (κ2) is 8.67. The summed E-state index contributed by atoms with van der Waals surface area (Å²) in [4.78, 5) is 0. The second-order valence-electron chi connectivity index (χ2n) is 4.36. The lowest BCUT2D eigenvalue weighted by atomic mass is 10.1. The van der Waals surface area contributed by atoms with Crippen molar-refractivity contribution in [2.45, 2.75) is 45.7 Å². The van der Waals surface area contributed by atoms with Crippen LogP contribution in [-0.4, -0.2) is 36.1 Å². The van der Waals surface area contributed by atoms with Gasteiger partial charge in [0, 0.05) is 13.2 Å². The Morgan fingerprint density at radius 2 is 2.28 bits per heavy atom. The van der Waals surface area contributed by atoms with Crippen LogP contribution in [0.1, 0.15) is 32.4 Å². The zero-order valence-electron chi connectivity index (χ0n) is 11.6. The number of ether oxygens (including phenoxy) is 1. The predicted octanol–water partition coefficient (Wildman–Crippen LogP) is 2.61. The highest BCUT2D eigenvalue weighted by atomic mass is 79.9. The van der Waals surface area contributed by atoms with E-state index in [-0.39, 0.29) is 0 Å². The molecule has 0 radical (unpaired) electrons. The van der Waals surface area contributed by atoms with E-state index in [2.05, 4.69) is 40.2 Å². The van der Waals surface area contributed by atoms with E-state index in [0.717, 1.165) is 36.8 Å². The summed E-state index contributed by atoms with van der Waals surface area (Å²) in [6.45, 7) is 6.93. The normalized spacial score (nSPS) is 12.9. The molecule has 1 atom stereocenters. The van der Waals surface area contributed by atoms with Crippen LogP contribution in [0.4, 0.5) is 0 Å². The topological polar surface area (TPSA) is 39.1 Å². The number of nitrogens with zero attached hydrogens (tertiary/aromatic N) is 2. The smallest absolute Gasteiger partial charge is 0.0658 e. The Morgan fingerprint density at radius 3 is 2.89 bits per heavy atom. The molecule has 0 aliphatic rings. The van der Waals surface area contributed by atoms with Gasteiger partial charge in [0.15, 0.2) is 0 Å². The van der Waals surface area contributed by atoms with Crippen molar-refractivity contribution in [3.8, 4) is 0 Å². The largest absolute Gasteiger partial charge is 0.383 e. The zero-order chi connectivity index (χ0) is 13.4. The minimum Gasteiger partial charge on any atom is -0.383 e. The van der Waals surface area contributed by atoms with Crippen LogP contribution in [0.5, 0.6) is 0 Å². The lowest BCUT2D eigenvalue weighted by Crippen LogP contribution is -2.28. The summed E-state index contributed by atoms with van der Waals surface area (Å²) in [6, 6.07) is 0.590. The van der Waals surface area contributed by atoms with Gasteiger partial charge in [-0.3, -0.25) is 4.68 Å². The summed E-state index contributed by atoms with van der Waals surface area (Å²) in [5.74, 6) is 0. The molecule has 1 heterocycles. The van der Waals surface area contributed by atoms with E-state index in [9.17, 15) is 0 Å². The lowest BCUT2D eigenvalue weighted by Gasteiger charge is -2.16. The molecule has 1 aromatic rings. The van der Waals surface area contributed by atoms with Crippen molar-refractivity contribution >= 4 is 15.9 Å². The Balaban J connectivity index is 2.56. The molecule has 0 saturated carbocycles. The van der Waals surface area contributed by atoms with Crippen LogP contribution in [0.25, 0.3) is 0 Å². The number of aromatic nitrogens is 2. The molecule has 1 N–H and O–H groups in total. The van der Waals surface area contributed by atoms with E-state index >= 15 is 0 Å².